The van der Waals surface area contributed by atoms with E-state index in [9.17, 15) is 9.90 Å². The summed E-state index contributed by atoms with van der Waals surface area (Å²) < 4.78 is 5.25. The van der Waals surface area contributed by atoms with Gasteiger partial charge in [-0.3, -0.25) is 4.90 Å². The molecule has 2 rings (SSSR count). The largest absolute Gasteiger partial charge is 0.447 e. The average Bonchev–Trinajstić information content (AvgIpc) is 2.83. The average molecular weight is 289 g/mol. The molecule has 114 valence electrons. The smallest absolute Gasteiger partial charge is 0.411 e. The number of ether oxygens (including phenoxy) is 1. The fourth-order valence-corrected chi connectivity index (χ4v) is 2.72. The van der Waals surface area contributed by atoms with Crippen molar-refractivity contribution in [3.8, 4) is 0 Å². The Bertz CT molecular complexity index is 522. The maximum absolute atomic E-state index is 12.2. The van der Waals surface area contributed by atoms with Gasteiger partial charge < -0.3 is 9.84 Å². The molecular weight excluding hydrogens is 266 g/mol. The molecule has 0 aliphatic carbocycles. The fraction of sp³-hybridized carbons (Fsp3) is 0.471. The van der Waals surface area contributed by atoms with Crippen molar-refractivity contribution in [2.45, 2.75) is 38.8 Å². The minimum absolute atomic E-state index is 0.111. The van der Waals surface area contributed by atoms with Gasteiger partial charge in [0.15, 0.2) is 0 Å². The van der Waals surface area contributed by atoms with Gasteiger partial charge in [0.1, 0.15) is 12.1 Å². The molecule has 1 N–H and O–H groups in total. The summed E-state index contributed by atoms with van der Waals surface area (Å²) in [6.07, 6.45) is 2.28. The molecule has 0 radical (unpaired) electrons. The Labute approximate surface area is 126 Å². The summed E-state index contributed by atoms with van der Waals surface area (Å²) in [6.45, 7) is 6.10. The molecule has 2 atom stereocenters. The predicted molar refractivity (Wildman–Crippen MR) is 81.9 cm³/mol. The van der Waals surface area contributed by atoms with Crippen molar-refractivity contribution in [1.82, 2.24) is 4.90 Å². The molecule has 1 amide bonds. The highest BCUT2D eigenvalue weighted by atomic mass is 16.6. The third-order valence-corrected chi connectivity index (χ3v) is 4.03. The van der Waals surface area contributed by atoms with Crippen LogP contribution in [0.5, 0.6) is 0 Å². The number of aliphatic hydroxyl groups is 1. The molecule has 1 aromatic carbocycles. The molecule has 21 heavy (non-hydrogen) atoms. The molecule has 1 unspecified atom stereocenters. The van der Waals surface area contributed by atoms with Crippen LogP contribution in [0.25, 0.3) is 0 Å². The lowest BCUT2D eigenvalue weighted by Gasteiger charge is -2.37. The number of cyclic esters (lactones) is 1. The van der Waals surface area contributed by atoms with Gasteiger partial charge in [0, 0.05) is 0 Å². The molecule has 0 aromatic heterocycles. The van der Waals surface area contributed by atoms with Crippen LogP contribution in [0.2, 0.25) is 0 Å². The number of rotatable bonds is 5. The third kappa shape index (κ3) is 3.10. The summed E-state index contributed by atoms with van der Waals surface area (Å²) in [5, 5.41) is 9.91. The lowest BCUT2D eigenvalue weighted by Crippen LogP contribution is -2.51. The molecule has 0 spiro atoms. The summed E-state index contributed by atoms with van der Waals surface area (Å²) in [5.41, 5.74) is 1.52. The van der Waals surface area contributed by atoms with E-state index >= 15 is 0 Å². The van der Waals surface area contributed by atoms with E-state index in [0.717, 1.165) is 11.1 Å². The van der Waals surface area contributed by atoms with Crippen molar-refractivity contribution in [3.05, 3.63) is 47.5 Å². The molecule has 4 heteroatoms. The molecular formula is C17H23NO3. The van der Waals surface area contributed by atoms with Crippen molar-refractivity contribution in [3.63, 3.8) is 0 Å². The number of hydrogen-bond acceptors (Lipinski definition) is 3. The number of carbonyl (C=O) groups excluding carboxylic acids is 1. The highest BCUT2D eigenvalue weighted by Crippen LogP contribution is 2.36. The predicted octanol–water partition coefficient (Wildman–Crippen LogP) is 3.29. The van der Waals surface area contributed by atoms with E-state index in [2.05, 4.69) is 0 Å². The van der Waals surface area contributed by atoms with Gasteiger partial charge in [0.2, 0.25) is 0 Å². The van der Waals surface area contributed by atoms with Crippen LogP contribution in [0.4, 0.5) is 4.79 Å². The summed E-state index contributed by atoms with van der Waals surface area (Å²) in [7, 11) is 0. The van der Waals surface area contributed by atoms with E-state index in [1.165, 1.54) is 0 Å². The minimum atomic E-state index is -0.677. The Morgan fingerprint density at radius 1 is 1.43 bits per heavy atom. The highest BCUT2D eigenvalue weighted by Gasteiger charge is 2.48. The van der Waals surface area contributed by atoms with E-state index < -0.39 is 5.54 Å². The summed E-state index contributed by atoms with van der Waals surface area (Å²) in [4.78, 5) is 13.9. The van der Waals surface area contributed by atoms with Gasteiger partial charge in [-0.1, -0.05) is 42.0 Å². The summed E-state index contributed by atoms with van der Waals surface area (Å²) >= 11 is 0. The first-order valence-electron chi connectivity index (χ1n) is 7.25. The van der Waals surface area contributed by atoms with Crippen molar-refractivity contribution in [2.75, 3.05) is 13.2 Å². The number of hydrogen-bond donors (Lipinski definition) is 1. The van der Waals surface area contributed by atoms with Gasteiger partial charge in [0.05, 0.1) is 12.6 Å². The summed E-state index contributed by atoms with van der Waals surface area (Å²) in [6, 6.07) is 9.67. The van der Waals surface area contributed by atoms with Crippen LogP contribution in [0.1, 0.15) is 38.8 Å². The molecule has 1 fully saturated rings. The van der Waals surface area contributed by atoms with Crippen LogP contribution < -0.4 is 0 Å². The van der Waals surface area contributed by atoms with E-state index in [-0.39, 0.29) is 25.3 Å². The Hall–Kier alpha value is -1.81. The van der Waals surface area contributed by atoms with E-state index in [1.54, 1.807) is 4.90 Å². The van der Waals surface area contributed by atoms with Gasteiger partial charge >= 0.3 is 6.09 Å². The standard InChI is InChI=1S/C17H23NO3/c1-13(2)9-10-17(11-19)12-21-16(20)18(17)14(3)15-7-5-4-6-8-15/h4-9,14,19H,10-12H2,1-3H3/t14?,17-/m0/s1. The maximum atomic E-state index is 12.2. The monoisotopic (exact) mass is 289 g/mol. The van der Waals surface area contributed by atoms with Crippen molar-refractivity contribution in [2.24, 2.45) is 0 Å². The molecule has 4 nitrogen and oxygen atoms in total. The molecule has 1 aromatic rings. The second-order valence-corrected chi connectivity index (χ2v) is 5.88. The number of amides is 1. The first-order valence-corrected chi connectivity index (χ1v) is 7.25. The van der Waals surface area contributed by atoms with E-state index in [0.29, 0.717) is 6.42 Å². The van der Waals surface area contributed by atoms with E-state index in [4.69, 9.17) is 4.74 Å². The van der Waals surface area contributed by atoms with Crippen LogP contribution in [0.15, 0.2) is 42.0 Å². The van der Waals surface area contributed by atoms with Gasteiger partial charge in [-0.25, -0.2) is 4.79 Å². The normalized spacial score (nSPS) is 22.9. The molecule has 1 aliphatic rings. The van der Waals surface area contributed by atoms with Gasteiger partial charge in [-0.05, 0) is 32.8 Å². The molecule has 1 saturated heterocycles. The Kier molecular flexibility index (Phi) is 4.68. The third-order valence-electron chi connectivity index (χ3n) is 4.03. The zero-order valence-corrected chi connectivity index (χ0v) is 12.9. The van der Waals surface area contributed by atoms with E-state index in [1.807, 2.05) is 57.2 Å². The van der Waals surface area contributed by atoms with Crippen LogP contribution in [0.3, 0.4) is 0 Å². The number of carbonyl (C=O) groups is 1. The van der Waals surface area contributed by atoms with Crippen molar-refractivity contribution in [1.29, 1.82) is 0 Å². The molecule has 0 saturated carbocycles. The maximum Gasteiger partial charge on any atom is 0.411 e. The number of benzene rings is 1. The second kappa shape index (κ2) is 6.31. The van der Waals surface area contributed by atoms with Gasteiger partial charge in [-0.15, -0.1) is 0 Å². The Morgan fingerprint density at radius 2 is 2.10 bits per heavy atom. The minimum Gasteiger partial charge on any atom is -0.447 e. The first kappa shape index (κ1) is 15.6. The van der Waals surface area contributed by atoms with Crippen LogP contribution in [-0.4, -0.2) is 34.9 Å². The Balaban J connectivity index is 2.33. The zero-order chi connectivity index (χ0) is 15.5. The van der Waals surface area contributed by atoms with Gasteiger partial charge in [-0.2, -0.15) is 0 Å². The number of nitrogens with zero attached hydrogens (tertiary/aromatic N) is 1. The van der Waals surface area contributed by atoms with Gasteiger partial charge in [0.25, 0.3) is 0 Å². The molecule has 1 aliphatic heterocycles. The van der Waals surface area contributed by atoms with Crippen LogP contribution in [0, 0.1) is 0 Å². The van der Waals surface area contributed by atoms with Crippen LogP contribution in [-0.2, 0) is 4.74 Å². The lowest BCUT2D eigenvalue weighted by molar-refractivity contribution is 0.0646. The SMILES string of the molecule is CC(C)=CC[C@]1(CO)COC(=O)N1C(C)c1ccccc1. The first-order chi connectivity index (χ1) is 10.00. The molecule has 0 bridgehead atoms. The number of allylic oxidation sites excluding steroid dienone is 1. The topological polar surface area (TPSA) is 49.8 Å². The second-order valence-electron chi connectivity index (χ2n) is 5.88. The molecule has 1 heterocycles. The Morgan fingerprint density at radius 3 is 2.67 bits per heavy atom. The highest BCUT2D eigenvalue weighted by molar-refractivity contribution is 5.72. The quantitative estimate of drug-likeness (QED) is 0.846. The van der Waals surface area contributed by atoms with Crippen molar-refractivity contribution >= 4 is 6.09 Å². The summed E-state index contributed by atoms with van der Waals surface area (Å²) in [5.74, 6) is 0. The fourth-order valence-electron chi connectivity index (χ4n) is 2.72. The van der Waals surface area contributed by atoms with Crippen molar-refractivity contribution < 1.29 is 14.6 Å². The van der Waals surface area contributed by atoms with Crippen LogP contribution >= 0.6 is 0 Å². The number of aliphatic hydroxyl groups excluding tert-OH is 1. The zero-order valence-electron chi connectivity index (χ0n) is 12.9. The lowest BCUT2D eigenvalue weighted by atomic mass is 9.92.